The number of hydrogen-bond acceptors (Lipinski definition) is 6. The molecule has 3 aromatic heterocycles. The number of fused-ring (bicyclic) bond motifs is 4. The SMILES string of the molecule is CCn1c(N2CCCC(N)C2)nc2ccn(Cc3nc4c(c5ccccc35)OCCC4)c(=O)c21. The lowest BCUT2D eigenvalue weighted by Gasteiger charge is -2.31. The summed E-state index contributed by atoms with van der Waals surface area (Å²) in [4.78, 5) is 25.7. The molecular weight excluding hydrogens is 428 g/mol. The Balaban J connectivity index is 1.45. The molecule has 2 aliphatic heterocycles. The van der Waals surface area contributed by atoms with E-state index in [0.29, 0.717) is 18.6 Å². The zero-order valence-corrected chi connectivity index (χ0v) is 19.5. The predicted octanol–water partition coefficient (Wildman–Crippen LogP) is 3.07. The first kappa shape index (κ1) is 21.2. The number of imidazole rings is 1. The fourth-order valence-corrected chi connectivity index (χ4v) is 5.41. The van der Waals surface area contributed by atoms with E-state index >= 15 is 0 Å². The van der Waals surface area contributed by atoms with E-state index in [1.807, 2.05) is 29.0 Å². The van der Waals surface area contributed by atoms with Crippen LogP contribution < -0.4 is 20.9 Å². The molecule has 1 saturated heterocycles. The van der Waals surface area contributed by atoms with Gasteiger partial charge in [0, 0.05) is 42.6 Å². The van der Waals surface area contributed by atoms with Crippen molar-refractivity contribution >= 4 is 27.8 Å². The van der Waals surface area contributed by atoms with Gasteiger partial charge in [0.15, 0.2) is 0 Å². The van der Waals surface area contributed by atoms with Gasteiger partial charge in [-0.3, -0.25) is 9.78 Å². The molecule has 0 amide bonds. The Labute approximate surface area is 198 Å². The molecule has 6 rings (SSSR count). The van der Waals surface area contributed by atoms with Gasteiger partial charge in [0.2, 0.25) is 5.95 Å². The molecule has 5 heterocycles. The maximum atomic E-state index is 13.7. The summed E-state index contributed by atoms with van der Waals surface area (Å²) < 4.78 is 9.76. The van der Waals surface area contributed by atoms with Crippen LogP contribution in [0.1, 0.15) is 37.6 Å². The fourth-order valence-electron chi connectivity index (χ4n) is 5.41. The standard InChI is InChI=1S/C26H30N6O2/c1-2-32-23-20(29-26(32)31-12-5-7-17(27)15-31)11-13-30(25(23)33)16-22-18-8-3-4-9-19(18)24-21(28-22)10-6-14-34-24/h3-4,8-9,11,13,17H,2,5-7,10,12,14-16,27H2,1H3. The average molecular weight is 459 g/mol. The molecule has 0 radical (unpaired) electrons. The van der Waals surface area contributed by atoms with E-state index in [9.17, 15) is 4.79 Å². The number of hydrogen-bond donors (Lipinski definition) is 1. The number of pyridine rings is 2. The zero-order valence-electron chi connectivity index (χ0n) is 19.5. The van der Waals surface area contributed by atoms with Crippen LogP contribution in [-0.4, -0.2) is 44.8 Å². The number of nitrogens with two attached hydrogens (primary N) is 1. The Morgan fingerprint density at radius 3 is 2.82 bits per heavy atom. The summed E-state index contributed by atoms with van der Waals surface area (Å²) in [5.41, 5.74) is 9.43. The predicted molar refractivity (Wildman–Crippen MR) is 134 cm³/mol. The topological polar surface area (TPSA) is 91.2 Å². The summed E-state index contributed by atoms with van der Waals surface area (Å²) in [5.74, 6) is 1.74. The van der Waals surface area contributed by atoms with Gasteiger partial charge in [0.1, 0.15) is 11.3 Å². The molecule has 176 valence electrons. The second-order valence-corrected chi connectivity index (χ2v) is 9.32. The minimum atomic E-state index is -0.0424. The molecule has 2 N–H and O–H groups in total. The fraction of sp³-hybridized carbons (Fsp3) is 0.423. The smallest absolute Gasteiger partial charge is 0.277 e. The number of nitrogens with zero attached hydrogens (tertiary/aromatic N) is 5. The average Bonchev–Trinajstić information content (AvgIpc) is 3.25. The number of benzene rings is 1. The maximum Gasteiger partial charge on any atom is 0.277 e. The monoisotopic (exact) mass is 458 g/mol. The quantitative estimate of drug-likeness (QED) is 0.505. The highest BCUT2D eigenvalue weighted by Gasteiger charge is 2.24. The van der Waals surface area contributed by atoms with Gasteiger partial charge in [-0.25, -0.2) is 4.98 Å². The molecular formula is C26H30N6O2. The van der Waals surface area contributed by atoms with E-state index in [4.69, 9.17) is 20.4 Å². The summed E-state index contributed by atoms with van der Waals surface area (Å²) in [6, 6.07) is 10.3. The number of aryl methyl sites for hydroxylation is 2. The van der Waals surface area contributed by atoms with E-state index in [2.05, 4.69) is 24.0 Å². The molecule has 0 aliphatic carbocycles. The van der Waals surface area contributed by atoms with Gasteiger partial charge in [-0.1, -0.05) is 24.3 Å². The Morgan fingerprint density at radius 2 is 2.00 bits per heavy atom. The number of aromatic nitrogens is 4. The number of anilines is 1. The van der Waals surface area contributed by atoms with Gasteiger partial charge < -0.3 is 24.5 Å². The second-order valence-electron chi connectivity index (χ2n) is 9.32. The van der Waals surface area contributed by atoms with Crippen molar-refractivity contribution in [3.8, 4) is 5.75 Å². The summed E-state index contributed by atoms with van der Waals surface area (Å²) in [5, 5.41) is 2.10. The van der Waals surface area contributed by atoms with Crippen LogP contribution in [0.15, 0.2) is 41.3 Å². The molecule has 0 bridgehead atoms. The molecule has 0 spiro atoms. The largest absolute Gasteiger partial charge is 0.491 e. The van der Waals surface area contributed by atoms with Crippen molar-refractivity contribution in [1.29, 1.82) is 0 Å². The molecule has 8 nitrogen and oxygen atoms in total. The lowest BCUT2D eigenvalue weighted by Crippen LogP contribution is -2.44. The first-order valence-electron chi connectivity index (χ1n) is 12.3. The third-order valence-corrected chi connectivity index (χ3v) is 7.05. The van der Waals surface area contributed by atoms with Gasteiger partial charge in [-0.2, -0.15) is 0 Å². The molecule has 8 heteroatoms. The van der Waals surface area contributed by atoms with E-state index in [1.54, 1.807) is 4.57 Å². The van der Waals surface area contributed by atoms with Crippen LogP contribution in [0.3, 0.4) is 0 Å². The first-order valence-corrected chi connectivity index (χ1v) is 12.3. The summed E-state index contributed by atoms with van der Waals surface area (Å²) in [6.07, 6.45) is 5.77. The normalized spacial score (nSPS) is 18.3. The molecule has 1 aromatic carbocycles. The third-order valence-electron chi connectivity index (χ3n) is 7.05. The van der Waals surface area contributed by atoms with Crippen molar-refractivity contribution in [3.05, 3.63) is 58.3 Å². The van der Waals surface area contributed by atoms with Crippen LogP contribution in [0.25, 0.3) is 21.8 Å². The minimum absolute atomic E-state index is 0.0424. The molecule has 34 heavy (non-hydrogen) atoms. The first-order chi connectivity index (χ1) is 16.6. The third kappa shape index (κ3) is 3.44. The Bertz CT molecular complexity index is 1440. The molecule has 1 unspecified atom stereocenters. The van der Waals surface area contributed by atoms with Gasteiger partial charge in [-0.15, -0.1) is 0 Å². The van der Waals surface area contributed by atoms with Crippen molar-refractivity contribution in [2.45, 2.75) is 51.7 Å². The highest BCUT2D eigenvalue weighted by Crippen LogP contribution is 2.34. The van der Waals surface area contributed by atoms with Crippen LogP contribution in [0.4, 0.5) is 5.95 Å². The van der Waals surface area contributed by atoms with Crippen molar-refractivity contribution in [1.82, 2.24) is 19.1 Å². The molecule has 0 saturated carbocycles. The van der Waals surface area contributed by atoms with E-state index in [1.165, 1.54) is 0 Å². The van der Waals surface area contributed by atoms with Crippen LogP contribution in [-0.2, 0) is 19.5 Å². The number of ether oxygens (including phenoxy) is 1. The summed E-state index contributed by atoms with van der Waals surface area (Å²) in [6.45, 7) is 5.54. The van der Waals surface area contributed by atoms with Gasteiger partial charge in [0.25, 0.3) is 5.56 Å². The molecule has 1 atom stereocenters. The lowest BCUT2D eigenvalue weighted by molar-refractivity contribution is 0.288. The number of piperidine rings is 1. The summed E-state index contributed by atoms with van der Waals surface area (Å²) in [7, 11) is 0. The molecule has 2 aliphatic rings. The lowest BCUT2D eigenvalue weighted by atomic mass is 10.0. The van der Waals surface area contributed by atoms with Crippen molar-refractivity contribution in [2.75, 3.05) is 24.6 Å². The van der Waals surface area contributed by atoms with Crippen molar-refractivity contribution < 1.29 is 4.74 Å². The highest BCUT2D eigenvalue weighted by molar-refractivity contribution is 5.91. The van der Waals surface area contributed by atoms with Crippen molar-refractivity contribution in [3.63, 3.8) is 0 Å². The highest BCUT2D eigenvalue weighted by atomic mass is 16.5. The van der Waals surface area contributed by atoms with Gasteiger partial charge in [0.05, 0.1) is 30.1 Å². The number of rotatable bonds is 4. The Morgan fingerprint density at radius 1 is 1.15 bits per heavy atom. The second kappa shape index (κ2) is 8.43. The van der Waals surface area contributed by atoms with Crippen molar-refractivity contribution in [2.24, 2.45) is 5.73 Å². The Hall–Kier alpha value is -3.39. The van der Waals surface area contributed by atoms with Crippen LogP contribution >= 0.6 is 0 Å². The molecule has 1 fully saturated rings. The van der Waals surface area contributed by atoms with E-state index < -0.39 is 0 Å². The van der Waals surface area contributed by atoms with E-state index in [0.717, 1.165) is 84.8 Å². The van der Waals surface area contributed by atoms with Gasteiger partial charge in [-0.05, 0) is 38.7 Å². The van der Waals surface area contributed by atoms with Crippen LogP contribution in [0, 0.1) is 0 Å². The summed E-state index contributed by atoms with van der Waals surface area (Å²) >= 11 is 0. The maximum absolute atomic E-state index is 13.7. The van der Waals surface area contributed by atoms with Crippen LogP contribution in [0.2, 0.25) is 0 Å². The van der Waals surface area contributed by atoms with Gasteiger partial charge >= 0.3 is 0 Å². The molecule has 4 aromatic rings. The zero-order chi connectivity index (χ0) is 23.2. The van der Waals surface area contributed by atoms with E-state index in [-0.39, 0.29) is 11.6 Å². The van der Waals surface area contributed by atoms with Crippen LogP contribution in [0.5, 0.6) is 5.75 Å². The minimum Gasteiger partial charge on any atom is -0.491 e. The Kier molecular flexibility index (Phi) is 5.25.